The second kappa shape index (κ2) is 51.2. The van der Waals surface area contributed by atoms with Gasteiger partial charge in [-0.25, -0.2) is 0 Å². The Morgan fingerprint density at radius 1 is 0.349 bits per heavy atom. The average Bonchev–Trinajstić information content (AvgIpc) is 3.28. The van der Waals surface area contributed by atoms with Crippen LogP contribution >= 0.6 is 0 Å². The molecule has 63 heavy (non-hydrogen) atoms. The minimum atomic E-state index is -0.797. The normalized spacial score (nSPS) is 12.7. The molecule has 6 heteroatoms. The zero-order chi connectivity index (χ0) is 45.8. The molecular weight excluding hydrogens is 781 g/mol. The van der Waals surface area contributed by atoms with E-state index in [1.165, 1.54) is 109 Å². The van der Waals surface area contributed by atoms with Crippen molar-refractivity contribution >= 4 is 17.9 Å². The van der Waals surface area contributed by atoms with Crippen LogP contribution in [-0.4, -0.2) is 37.2 Å². The predicted octanol–water partition coefficient (Wildman–Crippen LogP) is 17.2. The van der Waals surface area contributed by atoms with Gasteiger partial charge in [0.1, 0.15) is 13.2 Å². The summed E-state index contributed by atoms with van der Waals surface area (Å²) in [5.41, 5.74) is 0. The molecule has 6 nitrogen and oxygen atoms in total. The Morgan fingerprint density at radius 2 is 0.698 bits per heavy atom. The van der Waals surface area contributed by atoms with Gasteiger partial charge in [-0.2, -0.15) is 0 Å². The highest BCUT2D eigenvalue weighted by Gasteiger charge is 2.19. The summed E-state index contributed by atoms with van der Waals surface area (Å²) in [5, 5.41) is 0. The molecule has 0 amide bonds. The largest absolute Gasteiger partial charge is 0.462 e. The van der Waals surface area contributed by atoms with Gasteiger partial charge in [0.05, 0.1) is 0 Å². The minimum absolute atomic E-state index is 0.0928. The Morgan fingerprint density at radius 3 is 1.17 bits per heavy atom. The van der Waals surface area contributed by atoms with Gasteiger partial charge in [0.15, 0.2) is 6.10 Å². The maximum atomic E-state index is 12.8. The molecule has 1 atom stereocenters. The lowest BCUT2D eigenvalue weighted by Crippen LogP contribution is -2.30. The van der Waals surface area contributed by atoms with Crippen LogP contribution in [0.25, 0.3) is 0 Å². The average molecular weight is 877 g/mol. The zero-order valence-electron chi connectivity index (χ0n) is 41.1. The number of hydrogen-bond donors (Lipinski definition) is 0. The Kier molecular flexibility index (Phi) is 48.5. The van der Waals surface area contributed by atoms with Crippen molar-refractivity contribution < 1.29 is 28.6 Å². The van der Waals surface area contributed by atoms with Crippen molar-refractivity contribution in [3.63, 3.8) is 0 Å². The number of allylic oxidation sites excluding steroid dienone is 14. The molecule has 0 N–H and O–H groups in total. The molecule has 0 aromatic heterocycles. The summed E-state index contributed by atoms with van der Waals surface area (Å²) in [6, 6.07) is 0. The molecule has 0 rings (SSSR count). The fourth-order valence-electron chi connectivity index (χ4n) is 7.11. The van der Waals surface area contributed by atoms with E-state index in [2.05, 4.69) is 69.4 Å². The monoisotopic (exact) mass is 877 g/mol. The number of rotatable bonds is 46. The summed E-state index contributed by atoms with van der Waals surface area (Å²) in [7, 11) is 0. The SMILES string of the molecule is CC\C=C/C=C\C=C/C=C\CCCCCC(=O)OC(COC(=O)CCCCCCCCCCC/C=C\C/C=C\C/C=C\CC)COC(=O)CCCCCCCCCCCCCCC. The van der Waals surface area contributed by atoms with Gasteiger partial charge >= 0.3 is 17.9 Å². The quantitative estimate of drug-likeness (QED) is 0.0199. The summed E-state index contributed by atoms with van der Waals surface area (Å²) in [6.07, 6.45) is 65.7. The molecule has 0 fully saturated rings. The molecule has 0 aliphatic rings. The number of ether oxygens (including phenoxy) is 3. The molecule has 0 aliphatic carbocycles. The number of carbonyl (C=O) groups is 3. The van der Waals surface area contributed by atoms with E-state index in [-0.39, 0.29) is 37.5 Å². The Hall–Kier alpha value is -3.41. The van der Waals surface area contributed by atoms with Crippen LogP contribution in [-0.2, 0) is 28.6 Å². The standard InChI is InChI=1S/C57H96O6/c1-4-7-10-13-16-19-22-25-26-27-28-29-30-33-35-38-41-44-47-50-56(59)62-53-54(63-57(60)51-48-45-42-39-36-32-24-21-18-15-12-9-6-3)52-61-55(58)49-46-43-40-37-34-31-23-20-17-14-11-8-5-2/h7,9-10,12,15-16,18-19,21,24-26,32,36,54H,4-6,8,11,13-14,17,20,22-23,27-31,33-35,37-53H2,1-3H3/b10-7-,12-9-,18-15-,19-16-,24-21-,26-25-,36-32-. The van der Waals surface area contributed by atoms with E-state index in [1.54, 1.807) is 0 Å². The van der Waals surface area contributed by atoms with Gasteiger partial charge in [-0.3, -0.25) is 14.4 Å². The molecule has 0 bridgehead atoms. The number of carbonyl (C=O) groups excluding carboxylic acids is 3. The lowest BCUT2D eigenvalue weighted by atomic mass is 10.0. The molecule has 360 valence electrons. The van der Waals surface area contributed by atoms with Crippen LogP contribution in [0.3, 0.4) is 0 Å². The third-order valence-corrected chi connectivity index (χ3v) is 11.0. The maximum Gasteiger partial charge on any atom is 0.306 e. The van der Waals surface area contributed by atoms with Gasteiger partial charge in [0, 0.05) is 19.3 Å². The van der Waals surface area contributed by atoms with Crippen molar-refractivity contribution in [2.45, 2.75) is 245 Å². The lowest BCUT2D eigenvalue weighted by Gasteiger charge is -2.18. The van der Waals surface area contributed by atoms with Gasteiger partial charge in [0.25, 0.3) is 0 Å². The Balaban J connectivity index is 4.40. The van der Waals surface area contributed by atoms with Crippen molar-refractivity contribution in [1.29, 1.82) is 0 Å². The van der Waals surface area contributed by atoms with Crippen LogP contribution in [0.1, 0.15) is 239 Å². The number of esters is 3. The number of unbranched alkanes of at least 4 members (excludes halogenated alkanes) is 24. The van der Waals surface area contributed by atoms with Gasteiger partial charge in [-0.1, -0.05) is 234 Å². The molecule has 0 saturated heterocycles. The van der Waals surface area contributed by atoms with E-state index >= 15 is 0 Å². The third kappa shape index (κ3) is 49.5. The Labute approximate surface area is 388 Å². The lowest BCUT2D eigenvalue weighted by molar-refractivity contribution is -0.167. The second-order valence-corrected chi connectivity index (χ2v) is 17.1. The fourth-order valence-corrected chi connectivity index (χ4v) is 7.11. The molecule has 0 aromatic rings. The smallest absolute Gasteiger partial charge is 0.306 e. The molecule has 0 aliphatic heterocycles. The first-order valence-electron chi connectivity index (χ1n) is 26.1. The van der Waals surface area contributed by atoms with Crippen molar-refractivity contribution in [2.24, 2.45) is 0 Å². The predicted molar refractivity (Wildman–Crippen MR) is 270 cm³/mol. The zero-order valence-corrected chi connectivity index (χ0v) is 41.1. The first-order valence-corrected chi connectivity index (χ1v) is 26.1. The highest BCUT2D eigenvalue weighted by atomic mass is 16.6. The highest BCUT2D eigenvalue weighted by Crippen LogP contribution is 2.15. The van der Waals surface area contributed by atoms with Gasteiger partial charge in [0.2, 0.25) is 0 Å². The van der Waals surface area contributed by atoms with Crippen LogP contribution in [0.4, 0.5) is 0 Å². The van der Waals surface area contributed by atoms with E-state index in [9.17, 15) is 14.4 Å². The molecule has 0 aromatic carbocycles. The van der Waals surface area contributed by atoms with Crippen LogP contribution in [0.2, 0.25) is 0 Å². The van der Waals surface area contributed by atoms with Crippen LogP contribution in [0, 0.1) is 0 Å². The van der Waals surface area contributed by atoms with E-state index in [0.717, 1.165) is 83.5 Å². The van der Waals surface area contributed by atoms with E-state index in [1.807, 2.05) is 36.5 Å². The van der Waals surface area contributed by atoms with Crippen LogP contribution in [0.15, 0.2) is 85.1 Å². The molecular formula is C57H96O6. The fraction of sp³-hybridized carbons (Fsp3) is 0.702. The van der Waals surface area contributed by atoms with Gasteiger partial charge in [-0.05, 0) is 70.6 Å². The summed E-state index contributed by atoms with van der Waals surface area (Å²) >= 11 is 0. The third-order valence-electron chi connectivity index (χ3n) is 11.0. The van der Waals surface area contributed by atoms with Crippen LogP contribution < -0.4 is 0 Å². The summed E-state index contributed by atoms with van der Waals surface area (Å²) in [5.74, 6) is -0.937. The molecule has 0 heterocycles. The molecule has 0 spiro atoms. The van der Waals surface area contributed by atoms with Crippen molar-refractivity contribution in [1.82, 2.24) is 0 Å². The van der Waals surface area contributed by atoms with E-state index in [4.69, 9.17) is 14.2 Å². The second-order valence-electron chi connectivity index (χ2n) is 17.1. The first kappa shape index (κ1) is 59.6. The first-order chi connectivity index (χ1) is 31.0. The van der Waals surface area contributed by atoms with Gasteiger partial charge in [-0.15, -0.1) is 0 Å². The molecule has 1 unspecified atom stereocenters. The minimum Gasteiger partial charge on any atom is -0.462 e. The highest BCUT2D eigenvalue weighted by molar-refractivity contribution is 5.71. The summed E-state index contributed by atoms with van der Waals surface area (Å²) in [6.45, 7) is 6.35. The van der Waals surface area contributed by atoms with Crippen molar-refractivity contribution in [3.05, 3.63) is 85.1 Å². The van der Waals surface area contributed by atoms with E-state index in [0.29, 0.717) is 19.3 Å². The van der Waals surface area contributed by atoms with E-state index < -0.39 is 6.10 Å². The summed E-state index contributed by atoms with van der Waals surface area (Å²) in [4.78, 5) is 38.0. The van der Waals surface area contributed by atoms with Crippen molar-refractivity contribution in [3.8, 4) is 0 Å². The van der Waals surface area contributed by atoms with Crippen LogP contribution in [0.5, 0.6) is 0 Å². The topological polar surface area (TPSA) is 78.9 Å². The molecule has 0 radical (unpaired) electrons. The molecule has 0 saturated carbocycles. The maximum absolute atomic E-state index is 12.8. The Bertz CT molecular complexity index is 1240. The van der Waals surface area contributed by atoms with Crippen molar-refractivity contribution in [2.75, 3.05) is 13.2 Å². The van der Waals surface area contributed by atoms with Gasteiger partial charge < -0.3 is 14.2 Å². The summed E-state index contributed by atoms with van der Waals surface area (Å²) < 4.78 is 16.8. The number of hydrogen-bond acceptors (Lipinski definition) is 6.